The van der Waals surface area contributed by atoms with Gasteiger partial charge in [0.25, 0.3) is 0 Å². The Kier molecular flexibility index (Phi) is 5.56. The van der Waals surface area contributed by atoms with Crippen LogP contribution in [-0.2, 0) is 11.3 Å². The summed E-state index contributed by atoms with van der Waals surface area (Å²) in [5.41, 5.74) is 0.377. The van der Waals surface area contributed by atoms with E-state index in [4.69, 9.17) is 9.47 Å². The van der Waals surface area contributed by atoms with Crippen molar-refractivity contribution < 1.29 is 37.4 Å². The van der Waals surface area contributed by atoms with Crippen LogP contribution in [0.3, 0.4) is 0 Å². The molecule has 2 atom stereocenters. The van der Waals surface area contributed by atoms with E-state index in [0.29, 0.717) is 5.69 Å². The minimum atomic E-state index is -4.43. The van der Waals surface area contributed by atoms with Crippen LogP contribution in [-0.4, -0.2) is 51.5 Å². The van der Waals surface area contributed by atoms with Crippen LogP contribution in [0.15, 0.2) is 30.5 Å². The molecule has 1 aromatic carbocycles. The number of benzene rings is 1. The van der Waals surface area contributed by atoms with Crippen LogP contribution in [0.25, 0.3) is 0 Å². The van der Waals surface area contributed by atoms with Crippen LogP contribution >= 0.6 is 0 Å². The zero-order valence-corrected chi connectivity index (χ0v) is 14.1. The lowest BCUT2D eigenvalue weighted by molar-refractivity contribution is -0.389. The molecule has 0 bridgehead atoms. The molecule has 1 aliphatic rings. The average Bonchev–Trinajstić information content (AvgIpc) is 3.04. The van der Waals surface area contributed by atoms with E-state index in [1.807, 2.05) is 0 Å². The fourth-order valence-corrected chi connectivity index (χ4v) is 2.41. The van der Waals surface area contributed by atoms with Crippen LogP contribution in [0.1, 0.15) is 0 Å². The number of halogens is 3. The molecule has 0 spiro atoms. The van der Waals surface area contributed by atoms with E-state index in [1.165, 1.54) is 35.0 Å². The number of anilines is 1. The van der Waals surface area contributed by atoms with Gasteiger partial charge in [0.15, 0.2) is 6.61 Å². The zero-order valence-electron chi connectivity index (χ0n) is 14.1. The zero-order chi connectivity index (χ0) is 20.3. The van der Waals surface area contributed by atoms with Gasteiger partial charge in [-0.05, 0) is 29.2 Å². The van der Waals surface area contributed by atoms with Crippen LogP contribution in [0.5, 0.6) is 11.8 Å². The van der Waals surface area contributed by atoms with E-state index < -0.39 is 30.2 Å². The summed E-state index contributed by atoms with van der Waals surface area (Å²) in [4.78, 5) is 13.8. The first-order valence-electron chi connectivity index (χ1n) is 7.93. The Morgan fingerprint density at radius 3 is 2.79 bits per heavy atom. The lowest BCUT2D eigenvalue weighted by Crippen LogP contribution is -2.37. The number of aliphatic hydroxyl groups excluding tert-OH is 1. The molecule has 0 amide bonds. The summed E-state index contributed by atoms with van der Waals surface area (Å²) in [6.07, 6.45) is -5.29. The van der Waals surface area contributed by atoms with Gasteiger partial charge in [0, 0.05) is 10.7 Å². The smallest absolute Gasteiger partial charge is 0.422 e. The lowest BCUT2D eigenvalue weighted by Gasteiger charge is -2.25. The van der Waals surface area contributed by atoms with E-state index in [2.05, 4.69) is 15.0 Å². The molecule has 0 radical (unpaired) electrons. The van der Waals surface area contributed by atoms with Crippen LogP contribution < -0.4 is 14.8 Å². The van der Waals surface area contributed by atoms with Crippen molar-refractivity contribution in [1.29, 1.82) is 0 Å². The predicted octanol–water partition coefficient (Wildman–Crippen LogP) is 1.90. The van der Waals surface area contributed by atoms with Gasteiger partial charge in [-0.15, -0.1) is 0 Å². The fraction of sp³-hybridized carbons (Fsp3) is 0.400. The molecule has 2 N–H and O–H groups in total. The van der Waals surface area contributed by atoms with E-state index >= 15 is 0 Å². The summed E-state index contributed by atoms with van der Waals surface area (Å²) >= 11 is 0. The van der Waals surface area contributed by atoms with E-state index in [1.54, 1.807) is 0 Å². The van der Waals surface area contributed by atoms with Gasteiger partial charge >= 0.3 is 18.0 Å². The van der Waals surface area contributed by atoms with Crippen LogP contribution in [0.4, 0.5) is 24.7 Å². The van der Waals surface area contributed by atoms with E-state index in [9.17, 15) is 28.4 Å². The maximum atomic E-state index is 12.1. The number of hydrogen-bond acceptors (Lipinski definition) is 8. The molecule has 0 fully saturated rings. The number of nitro groups is 1. The first-order valence-corrected chi connectivity index (χ1v) is 7.93. The third-order valence-electron chi connectivity index (χ3n) is 3.58. The van der Waals surface area contributed by atoms with Crippen molar-refractivity contribution in [2.45, 2.75) is 25.2 Å². The van der Waals surface area contributed by atoms with Crippen molar-refractivity contribution >= 4 is 11.5 Å². The van der Waals surface area contributed by atoms with Gasteiger partial charge in [0.2, 0.25) is 6.41 Å². The number of rotatable bonds is 7. The minimum absolute atomic E-state index is 0.0215. The summed E-state index contributed by atoms with van der Waals surface area (Å²) < 4.78 is 52.9. The topological polar surface area (TPSA) is 121 Å². The molecule has 13 heteroatoms. The first kappa shape index (κ1) is 19.7. The highest BCUT2D eigenvalue weighted by atomic mass is 19.4. The Hall–Kier alpha value is -3.06. The van der Waals surface area contributed by atoms with Crippen molar-refractivity contribution in [2.24, 2.45) is 0 Å². The highest BCUT2D eigenvalue weighted by Crippen LogP contribution is 2.23. The molecule has 2 heterocycles. The molecule has 10 nitrogen and oxygen atoms in total. The fourth-order valence-electron chi connectivity index (χ4n) is 2.41. The van der Waals surface area contributed by atoms with Crippen molar-refractivity contribution in [1.82, 2.24) is 9.55 Å². The number of hydrogen-bond donors (Lipinski definition) is 2. The summed E-state index contributed by atoms with van der Waals surface area (Å²) in [5.74, 6) is -0.338. The number of imidazole rings is 1. The SMILES string of the molecule is O=[N+]([O-])c1cn2c(n1)OC[C@@H](OC(O)Nc1ccc(OCC(F)(F)F)cc1)C2. The van der Waals surface area contributed by atoms with Gasteiger partial charge in [-0.3, -0.25) is 4.57 Å². The van der Waals surface area contributed by atoms with Gasteiger partial charge in [-0.25, -0.2) is 0 Å². The molecule has 1 aliphatic heterocycles. The molecule has 0 saturated carbocycles. The van der Waals surface area contributed by atoms with Crippen LogP contribution in [0.2, 0.25) is 0 Å². The van der Waals surface area contributed by atoms with E-state index in [-0.39, 0.29) is 30.7 Å². The highest BCUT2D eigenvalue weighted by Gasteiger charge is 2.30. The highest BCUT2D eigenvalue weighted by molar-refractivity contribution is 5.46. The number of ether oxygens (including phenoxy) is 3. The first-order chi connectivity index (χ1) is 13.2. The molecular weight excluding hydrogens is 389 g/mol. The summed E-state index contributed by atoms with van der Waals surface area (Å²) in [5, 5.41) is 23.3. The molecule has 152 valence electrons. The molecular formula is C15H15F3N4O6. The largest absolute Gasteiger partial charge is 0.484 e. The molecule has 1 unspecified atom stereocenters. The number of nitrogens with zero attached hydrogens (tertiary/aromatic N) is 3. The average molecular weight is 404 g/mol. The minimum Gasteiger partial charge on any atom is -0.484 e. The Bertz CT molecular complexity index is 826. The molecule has 0 saturated heterocycles. The number of aliphatic hydroxyl groups is 1. The maximum Gasteiger partial charge on any atom is 0.422 e. The van der Waals surface area contributed by atoms with Crippen LogP contribution in [0, 0.1) is 10.1 Å². The normalized spacial score (nSPS) is 17.4. The van der Waals surface area contributed by atoms with Gasteiger partial charge < -0.3 is 34.7 Å². The Labute approximate surface area is 155 Å². The molecule has 28 heavy (non-hydrogen) atoms. The van der Waals surface area contributed by atoms with Crippen molar-refractivity contribution in [3.05, 3.63) is 40.6 Å². The maximum absolute atomic E-state index is 12.1. The summed E-state index contributed by atoms with van der Waals surface area (Å²) in [7, 11) is 0. The molecule has 3 rings (SSSR count). The predicted molar refractivity (Wildman–Crippen MR) is 86.9 cm³/mol. The lowest BCUT2D eigenvalue weighted by atomic mass is 10.3. The monoisotopic (exact) mass is 404 g/mol. The number of aromatic nitrogens is 2. The van der Waals surface area contributed by atoms with Crippen molar-refractivity contribution in [3.8, 4) is 11.8 Å². The van der Waals surface area contributed by atoms with Gasteiger partial charge in [0.1, 0.15) is 24.7 Å². The Morgan fingerprint density at radius 1 is 1.43 bits per heavy atom. The standard InChI is InChI=1S/C15H15F3N4O6/c16-15(17,18)8-27-10-3-1-9(2-4-10)19-14(23)28-11-5-21-6-12(22(24)25)20-13(21)26-7-11/h1-4,6,11,14,19,23H,5,7-8H2/t11-,14?/m0/s1. The second-order valence-corrected chi connectivity index (χ2v) is 5.79. The van der Waals surface area contributed by atoms with Gasteiger partial charge in [-0.1, -0.05) is 0 Å². The van der Waals surface area contributed by atoms with E-state index in [0.717, 1.165) is 0 Å². The molecule has 2 aromatic rings. The van der Waals surface area contributed by atoms with Gasteiger partial charge in [0.05, 0.1) is 6.54 Å². The third-order valence-corrected chi connectivity index (χ3v) is 3.58. The Balaban J connectivity index is 1.50. The Morgan fingerprint density at radius 2 is 2.14 bits per heavy atom. The quantitative estimate of drug-likeness (QED) is 0.408. The molecule has 0 aliphatic carbocycles. The van der Waals surface area contributed by atoms with Crippen molar-refractivity contribution in [2.75, 3.05) is 18.5 Å². The molecule has 1 aromatic heterocycles. The van der Waals surface area contributed by atoms with Gasteiger partial charge in [-0.2, -0.15) is 13.2 Å². The second kappa shape index (κ2) is 7.90. The second-order valence-electron chi connectivity index (χ2n) is 5.79. The van der Waals surface area contributed by atoms with Crippen molar-refractivity contribution in [3.63, 3.8) is 0 Å². The summed E-state index contributed by atoms with van der Waals surface area (Å²) in [6.45, 7) is -1.20. The number of alkyl halides is 3. The number of nitrogens with one attached hydrogen (secondary N) is 1. The number of fused-ring (bicyclic) bond motifs is 1. The third kappa shape index (κ3) is 5.23. The summed E-state index contributed by atoms with van der Waals surface area (Å²) in [6, 6.07) is 5.52.